The standard InChI is InChI=1S/C20H24.2ClH.Zr/c1-4-7-17-11-10-14(2)18-12-13-19(20(17)18)15(3)16-8-5-6-9-16;;;/h5-6,8,10-13,15,19H,4,7,9H2,1-3H3;2*1H;/q;;;+2/p-2. The Morgan fingerprint density at radius 3 is 2.57 bits per heavy atom. The van der Waals surface area contributed by atoms with Gasteiger partial charge in [0, 0.05) is 5.92 Å². The van der Waals surface area contributed by atoms with Gasteiger partial charge >= 0.3 is 26.2 Å². The van der Waals surface area contributed by atoms with Gasteiger partial charge in [-0.1, -0.05) is 68.4 Å². The van der Waals surface area contributed by atoms with Gasteiger partial charge in [-0.05, 0) is 47.9 Å². The van der Waals surface area contributed by atoms with Crippen LogP contribution in [0.3, 0.4) is 0 Å². The molecule has 0 heterocycles. The van der Waals surface area contributed by atoms with E-state index in [4.69, 9.17) is 0 Å². The van der Waals surface area contributed by atoms with Crippen molar-refractivity contribution in [3.05, 3.63) is 64.3 Å². The van der Waals surface area contributed by atoms with Gasteiger partial charge in [-0.3, -0.25) is 0 Å². The molecule has 0 bridgehead atoms. The van der Waals surface area contributed by atoms with Crippen molar-refractivity contribution in [2.24, 2.45) is 5.92 Å². The number of benzene rings is 1. The summed E-state index contributed by atoms with van der Waals surface area (Å²) in [5, 5.41) is 0. The SMILES string of the molecule is CCCc1ccc(C)c2c1C(C(C)C1=CC=CC1)C=C2.[Cl-].[Cl-].[Zr+2]. The normalized spacial score (nSPS) is 18.4. The van der Waals surface area contributed by atoms with Crippen molar-refractivity contribution >= 4 is 6.08 Å². The maximum absolute atomic E-state index is 2.43. The minimum absolute atomic E-state index is 0. The Labute approximate surface area is 172 Å². The van der Waals surface area contributed by atoms with Crippen LogP contribution in [0.4, 0.5) is 0 Å². The van der Waals surface area contributed by atoms with Gasteiger partial charge in [-0.25, -0.2) is 0 Å². The van der Waals surface area contributed by atoms with E-state index in [1.807, 2.05) is 0 Å². The number of hydrogen-bond donors (Lipinski definition) is 0. The number of aryl methyl sites for hydroxylation is 2. The first kappa shape index (κ1) is 22.9. The third kappa shape index (κ3) is 4.50. The fourth-order valence-corrected chi connectivity index (χ4v) is 3.64. The van der Waals surface area contributed by atoms with Gasteiger partial charge in [-0.15, -0.1) is 0 Å². The molecule has 2 atom stereocenters. The summed E-state index contributed by atoms with van der Waals surface area (Å²) in [6, 6.07) is 4.64. The van der Waals surface area contributed by atoms with Crippen LogP contribution in [0.25, 0.3) is 6.08 Å². The smallest absolute Gasteiger partial charge is 1.00 e. The molecule has 2 aliphatic carbocycles. The van der Waals surface area contributed by atoms with E-state index in [0.29, 0.717) is 11.8 Å². The summed E-state index contributed by atoms with van der Waals surface area (Å²) in [6.07, 6.45) is 15.1. The van der Waals surface area contributed by atoms with E-state index in [9.17, 15) is 0 Å². The second-order valence-corrected chi connectivity index (χ2v) is 6.17. The van der Waals surface area contributed by atoms with E-state index < -0.39 is 0 Å². The van der Waals surface area contributed by atoms with E-state index >= 15 is 0 Å². The zero-order chi connectivity index (χ0) is 14.1. The quantitative estimate of drug-likeness (QED) is 0.614. The van der Waals surface area contributed by atoms with Crippen LogP contribution in [-0.2, 0) is 32.6 Å². The van der Waals surface area contributed by atoms with E-state index in [0.717, 1.165) is 6.42 Å². The van der Waals surface area contributed by atoms with Crippen LogP contribution >= 0.6 is 0 Å². The molecule has 0 N–H and O–H groups in total. The third-order valence-electron chi connectivity index (χ3n) is 4.84. The molecule has 0 aromatic heterocycles. The predicted molar refractivity (Wildman–Crippen MR) is 88.0 cm³/mol. The molecule has 0 fully saturated rings. The second kappa shape index (κ2) is 10.0. The Bertz CT molecular complexity index is 614. The van der Waals surface area contributed by atoms with Crippen molar-refractivity contribution in [3.63, 3.8) is 0 Å². The first-order valence-corrected chi connectivity index (χ1v) is 7.88. The summed E-state index contributed by atoms with van der Waals surface area (Å²) in [4.78, 5) is 0. The second-order valence-electron chi connectivity index (χ2n) is 6.17. The molecule has 0 saturated heterocycles. The van der Waals surface area contributed by atoms with Crippen molar-refractivity contribution in [3.8, 4) is 0 Å². The number of rotatable bonds is 4. The molecular weight excluding hydrogens is 402 g/mol. The van der Waals surface area contributed by atoms with Gasteiger partial charge in [0.15, 0.2) is 0 Å². The number of fused-ring (bicyclic) bond motifs is 1. The van der Waals surface area contributed by atoms with Crippen LogP contribution in [0, 0.1) is 12.8 Å². The Morgan fingerprint density at radius 2 is 1.96 bits per heavy atom. The largest absolute Gasteiger partial charge is 2.00 e. The van der Waals surface area contributed by atoms with Crippen LogP contribution < -0.4 is 24.8 Å². The van der Waals surface area contributed by atoms with Gasteiger partial charge in [-0.2, -0.15) is 0 Å². The Kier molecular flexibility index (Phi) is 9.98. The van der Waals surface area contributed by atoms with Crippen molar-refractivity contribution in [2.75, 3.05) is 0 Å². The van der Waals surface area contributed by atoms with Crippen molar-refractivity contribution in [2.45, 2.75) is 46.0 Å². The van der Waals surface area contributed by atoms with Crippen LogP contribution in [-0.4, -0.2) is 0 Å². The van der Waals surface area contributed by atoms with Crippen molar-refractivity contribution in [1.82, 2.24) is 0 Å². The number of allylic oxidation sites excluding steroid dienone is 5. The summed E-state index contributed by atoms with van der Waals surface area (Å²) < 4.78 is 0. The van der Waals surface area contributed by atoms with E-state index in [1.165, 1.54) is 24.0 Å². The fraction of sp³-hybridized carbons (Fsp3) is 0.400. The Balaban J connectivity index is 0.00000161. The molecular formula is C20H24Cl2Zr. The van der Waals surface area contributed by atoms with Gasteiger partial charge in [0.25, 0.3) is 0 Å². The molecule has 0 amide bonds. The minimum Gasteiger partial charge on any atom is -1.00 e. The molecule has 1 aromatic carbocycles. The average molecular weight is 427 g/mol. The van der Waals surface area contributed by atoms with Crippen LogP contribution in [0.5, 0.6) is 0 Å². The van der Waals surface area contributed by atoms with Crippen LogP contribution in [0.1, 0.15) is 54.9 Å². The molecule has 1 aromatic rings. The number of hydrogen-bond acceptors (Lipinski definition) is 0. The van der Waals surface area contributed by atoms with E-state index in [-0.39, 0.29) is 51.0 Å². The number of halogens is 2. The van der Waals surface area contributed by atoms with Gasteiger partial charge < -0.3 is 24.8 Å². The molecule has 0 radical (unpaired) electrons. The average Bonchev–Trinajstić information content (AvgIpc) is 3.10. The molecule has 23 heavy (non-hydrogen) atoms. The monoisotopic (exact) mass is 424 g/mol. The summed E-state index contributed by atoms with van der Waals surface area (Å²) in [5.74, 6) is 1.18. The topological polar surface area (TPSA) is 0 Å². The minimum atomic E-state index is 0. The van der Waals surface area contributed by atoms with Crippen LogP contribution in [0.2, 0.25) is 0 Å². The van der Waals surface area contributed by atoms with Gasteiger partial charge in [0.2, 0.25) is 0 Å². The molecule has 0 spiro atoms. The summed E-state index contributed by atoms with van der Waals surface area (Å²) in [7, 11) is 0. The molecule has 2 aliphatic rings. The molecule has 0 nitrogen and oxygen atoms in total. The first-order chi connectivity index (χ1) is 9.72. The molecule has 0 saturated carbocycles. The zero-order valence-corrected chi connectivity index (χ0v) is 18.0. The van der Waals surface area contributed by atoms with Crippen molar-refractivity contribution < 1.29 is 51.0 Å². The third-order valence-corrected chi connectivity index (χ3v) is 4.84. The summed E-state index contributed by atoms with van der Waals surface area (Å²) in [6.45, 7) is 6.90. The molecule has 3 heteroatoms. The predicted octanol–water partition coefficient (Wildman–Crippen LogP) is -0.414. The zero-order valence-electron chi connectivity index (χ0n) is 14.1. The van der Waals surface area contributed by atoms with E-state index in [2.05, 4.69) is 63.3 Å². The first-order valence-electron chi connectivity index (χ1n) is 7.88. The van der Waals surface area contributed by atoms with E-state index in [1.54, 1.807) is 16.7 Å². The molecule has 0 aliphatic heterocycles. The summed E-state index contributed by atoms with van der Waals surface area (Å²) in [5.41, 5.74) is 7.65. The molecule has 2 unspecified atom stereocenters. The maximum Gasteiger partial charge on any atom is 2.00 e. The Hall–Kier alpha value is -0.0969. The maximum atomic E-state index is 2.43. The summed E-state index contributed by atoms with van der Waals surface area (Å²) >= 11 is 0. The Morgan fingerprint density at radius 1 is 1.22 bits per heavy atom. The van der Waals surface area contributed by atoms with Gasteiger partial charge in [0.1, 0.15) is 0 Å². The molecule has 122 valence electrons. The van der Waals surface area contributed by atoms with Gasteiger partial charge in [0.05, 0.1) is 0 Å². The fourth-order valence-electron chi connectivity index (χ4n) is 3.64. The van der Waals surface area contributed by atoms with Crippen LogP contribution in [0.15, 0.2) is 42.0 Å². The van der Waals surface area contributed by atoms with Crippen molar-refractivity contribution in [1.29, 1.82) is 0 Å². The molecule has 3 rings (SSSR count).